The van der Waals surface area contributed by atoms with Crippen LogP contribution in [0.4, 0.5) is 0 Å². The number of benzene rings is 1. The number of hydrogen-bond acceptors (Lipinski definition) is 3. The molecular formula is C17H25NO3. The summed E-state index contributed by atoms with van der Waals surface area (Å²) in [5.74, 6) is -0.870. The molecule has 2 atom stereocenters. The summed E-state index contributed by atoms with van der Waals surface area (Å²) in [7, 11) is 0. The van der Waals surface area contributed by atoms with Crippen LogP contribution in [0.1, 0.15) is 37.3 Å². The maximum atomic E-state index is 11.7. The number of nitrogens with zero attached hydrogens (tertiary/aromatic N) is 1. The average Bonchev–Trinajstić information content (AvgIpc) is 2.45. The molecule has 21 heavy (non-hydrogen) atoms. The number of aliphatic hydroxyl groups excluding tert-OH is 1. The summed E-state index contributed by atoms with van der Waals surface area (Å²) < 4.78 is 0. The number of carbonyl (C=O) groups is 1. The molecule has 1 heterocycles. The van der Waals surface area contributed by atoms with E-state index in [9.17, 15) is 15.0 Å². The lowest BCUT2D eigenvalue weighted by Crippen LogP contribution is -2.55. The van der Waals surface area contributed by atoms with Gasteiger partial charge in [0.05, 0.1) is 6.10 Å². The second-order valence-electron chi connectivity index (χ2n) is 6.21. The first-order valence-corrected chi connectivity index (χ1v) is 7.67. The Labute approximate surface area is 126 Å². The monoisotopic (exact) mass is 291 g/mol. The SMILES string of the molecule is CCC[C@@]1(C(=O)O)CN(Cc2ccc(C)cc2)CC[C@H]1O. The zero-order valence-electron chi connectivity index (χ0n) is 12.9. The minimum atomic E-state index is -1.02. The molecule has 0 aromatic heterocycles. The Morgan fingerprint density at radius 3 is 2.62 bits per heavy atom. The van der Waals surface area contributed by atoms with Crippen LogP contribution in [0.5, 0.6) is 0 Å². The average molecular weight is 291 g/mol. The Hall–Kier alpha value is -1.39. The van der Waals surface area contributed by atoms with Crippen LogP contribution in [-0.2, 0) is 11.3 Å². The summed E-state index contributed by atoms with van der Waals surface area (Å²) in [6.45, 7) is 5.93. The summed E-state index contributed by atoms with van der Waals surface area (Å²) in [6, 6.07) is 8.32. The van der Waals surface area contributed by atoms with E-state index in [-0.39, 0.29) is 0 Å². The van der Waals surface area contributed by atoms with Crippen LogP contribution in [0.15, 0.2) is 24.3 Å². The van der Waals surface area contributed by atoms with Gasteiger partial charge in [-0.05, 0) is 25.3 Å². The number of aliphatic carboxylic acids is 1. The van der Waals surface area contributed by atoms with Gasteiger partial charge in [-0.1, -0.05) is 43.2 Å². The van der Waals surface area contributed by atoms with Gasteiger partial charge in [0.1, 0.15) is 5.41 Å². The summed E-state index contributed by atoms with van der Waals surface area (Å²) >= 11 is 0. The molecule has 0 unspecified atom stereocenters. The Morgan fingerprint density at radius 2 is 2.05 bits per heavy atom. The van der Waals surface area contributed by atoms with Crippen molar-refractivity contribution in [3.05, 3.63) is 35.4 Å². The maximum Gasteiger partial charge on any atom is 0.313 e. The standard InChI is InChI=1S/C17H25NO3/c1-3-9-17(16(20)21)12-18(10-8-15(17)19)11-14-6-4-13(2)5-7-14/h4-7,15,19H,3,8-12H2,1-2H3,(H,20,21)/t15-,17-/m1/s1. The lowest BCUT2D eigenvalue weighted by Gasteiger charge is -2.43. The number of carboxylic acid groups (broad SMARTS) is 1. The number of carboxylic acids is 1. The van der Waals surface area contributed by atoms with Crippen molar-refractivity contribution in [3.8, 4) is 0 Å². The van der Waals surface area contributed by atoms with Crippen LogP contribution >= 0.6 is 0 Å². The highest BCUT2D eigenvalue weighted by Gasteiger charge is 2.48. The minimum Gasteiger partial charge on any atom is -0.481 e. The largest absolute Gasteiger partial charge is 0.481 e. The van der Waals surface area contributed by atoms with E-state index in [2.05, 4.69) is 36.1 Å². The predicted octanol–water partition coefficient (Wildman–Crippen LogP) is 2.43. The molecule has 0 spiro atoms. The molecule has 0 aliphatic carbocycles. The minimum absolute atomic E-state index is 0.422. The fraction of sp³-hybridized carbons (Fsp3) is 0.588. The van der Waals surface area contributed by atoms with Crippen LogP contribution in [0, 0.1) is 12.3 Å². The highest BCUT2D eigenvalue weighted by molar-refractivity contribution is 5.76. The number of aryl methyl sites for hydroxylation is 1. The van der Waals surface area contributed by atoms with Crippen LogP contribution in [0.2, 0.25) is 0 Å². The van der Waals surface area contributed by atoms with Crippen molar-refractivity contribution in [1.29, 1.82) is 0 Å². The lowest BCUT2D eigenvalue weighted by molar-refractivity contribution is -0.164. The van der Waals surface area contributed by atoms with E-state index in [1.807, 2.05) is 6.92 Å². The molecule has 4 nitrogen and oxygen atoms in total. The maximum absolute atomic E-state index is 11.7. The molecule has 1 fully saturated rings. The molecule has 1 aromatic rings. The fourth-order valence-corrected chi connectivity index (χ4v) is 3.26. The molecule has 1 saturated heterocycles. The first-order valence-electron chi connectivity index (χ1n) is 7.67. The molecule has 2 N–H and O–H groups in total. The zero-order chi connectivity index (χ0) is 15.5. The molecule has 0 saturated carbocycles. The third-order valence-electron chi connectivity index (χ3n) is 4.51. The molecule has 2 rings (SSSR count). The number of aliphatic hydroxyl groups is 1. The summed E-state index contributed by atoms with van der Waals surface area (Å²) in [4.78, 5) is 13.9. The van der Waals surface area contributed by atoms with Gasteiger partial charge in [0, 0.05) is 19.6 Å². The second kappa shape index (κ2) is 6.58. The first kappa shape index (κ1) is 16.0. The van der Waals surface area contributed by atoms with E-state index in [1.165, 1.54) is 11.1 Å². The molecule has 1 aliphatic heterocycles. The van der Waals surface area contributed by atoms with Gasteiger partial charge < -0.3 is 10.2 Å². The topological polar surface area (TPSA) is 60.8 Å². The third-order valence-corrected chi connectivity index (χ3v) is 4.51. The van der Waals surface area contributed by atoms with Gasteiger partial charge in [-0.2, -0.15) is 0 Å². The highest BCUT2D eigenvalue weighted by Crippen LogP contribution is 2.36. The quantitative estimate of drug-likeness (QED) is 0.874. The molecule has 0 amide bonds. The molecular weight excluding hydrogens is 266 g/mol. The Kier molecular flexibility index (Phi) is 5.01. The lowest BCUT2D eigenvalue weighted by atomic mass is 9.74. The van der Waals surface area contributed by atoms with E-state index in [0.717, 1.165) is 19.5 Å². The fourth-order valence-electron chi connectivity index (χ4n) is 3.26. The Bertz CT molecular complexity index is 485. The van der Waals surface area contributed by atoms with Gasteiger partial charge in [-0.3, -0.25) is 9.69 Å². The number of rotatable bonds is 5. The van der Waals surface area contributed by atoms with Gasteiger partial charge in [0.2, 0.25) is 0 Å². The molecule has 116 valence electrons. The molecule has 4 heteroatoms. The summed E-state index contributed by atoms with van der Waals surface area (Å²) in [5, 5.41) is 19.9. The predicted molar refractivity (Wildman–Crippen MR) is 82.1 cm³/mol. The molecule has 1 aliphatic rings. The Balaban J connectivity index is 2.12. The molecule has 1 aromatic carbocycles. The van der Waals surface area contributed by atoms with Crippen LogP contribution in [0.25, 0.3) is 0 Å². The van der Waals surface area contributed by atoms with E-state index in [0.29, 0.717) is 19.4 Å². The van der Waals surface area contributed by atoms with Crippen LogP contribution in [-0.4, -0.2) is 40.3 Å². The number of likely N-dealkylation sites (tertiary alicyclic amines) is 1. The van der Waals surface area contributed by atoms with Gasteiger partial charge in [0.15, 0.2) is 0 Å². The first-order chi connectivity index (χ1) is 9.98. The molecule has 0 bridgehead atoms. The van der Waals surface area contributed by atoms with E-state index >= 15 is 0 Å². The van der Waals surface area contributed by atoms with Gasteiger partial charge >= 0.3 is 5.97 Å². The van der Waals surface area contributed by atoms with E-state index in [1.54, 1.807) is 0 Å². The Morgan fingerprint density at radius 1 is 1.38 bits per heavy atom. The van der Waals surface area contributed by atoms with Gasteiger partial charge in [-0.15, -0.1) is 0 Å². The normalized spacial score (nSPS) is 26.7. The molecule has 0 radical (unpaired) electrons. The van der Waals surface area contributed by atoms with Gasteiger partial charge in [0.25, 0.3) is 0 Å². The van der Waals surface area contributed by atoms with Crippen molar-refractivity contribution >= 4 is 5.97 Å². The van der Waals surface area contributed by atoms with Crippen LogP contribution < -0.4 is 0 Å². The smallest absolute Gasteiger partial charge is 0.313 e. The highest BCUT2D eigenvalue weighted by atomic mass is 16.4. The second-order valence-corrected chi connectivity index (χ2v) is 6.21. The van der Waals surface area contributed by atoms with Crippen LogP contribution in [0.3, 0.4) is 0 Å². The summed E-state index contributed by atoms with van der Waals surface area (Å²) in [5.41, 5.74) is 1.39. The van der Waals surface area contributed by atoms with Crippen molar-refractivity contribution in [2.75, 3.05) is 13.1 Å². The zero-order valence-corrected chi connectivity index (χ0v) is 12.9. The van der Waals surface area contributed by atoms with E-state index in [4.69, 9.17) is 0 Å². The summed E-state index contributed by atoms with van der Waals surface area (Å²) in [6.07, 6.45) is 1.07. The van der Waals surface area contributed by atoms with E-state index < -0.39 is 17.5 Å². The van der Waals surface area contributed by atoms with Crippen molar-refractivity contribution in [1.82, 2.24) is 4.90 Å². The van der Waals surface area contributed by atoms with Gasteiger partial charge in [-0.25, -0.2) is 0 Å². The van der Waals surface area contributed by atoms with Crippen molar-refractivity contribution < 1.29 is 15.0 Å². The third kappa shape index (κ3) is 3.44. The van der Waals surface area contributed by atoms with Crippen molar-refractivity contribution in [3.63, 3.8) is 0 Å². The van der Waals surface area contributed by atoms with Crippen molar-refractivity contribution in [2.24, 2.45) is 5.41 Å². The number of hydrogen-bond donors (Lipinski definition) is 2. The number of piperidine rings is 1. The van der Waals surface area contributed by atoms with Crippen molar-refractivity contribution in [2.45, 2.75) is 45.8 Å².